The second-order valence-electron chi connectivity index (χ2n) is 8.08. The van der Waals surface area contributed by atoms with Gasteiger partial charge in [0.1, 0.15) is 6.04 Å². The number of carbonyl (C=O) groups excluding carboxylic acids is 2. The van der Waals surface area contributed by atoms with E-state index < -0.39 is 0 Å². The molecule has 3 atom stereocenters. The Morgan fingerprint density at radius 1 is 1.04 bits per heavy atom. The molecule has 3 aliphatic rings. The Hall–Kier alpha value is -1.55. The SMILES string of the molecule is O=C(NC1CCCC1)[C@@H]1C[C@H]2CCCC[C@@H]2N1C(=O)c1cccc(Cl)c1. The summed E-state index contributed by atoms with van der Waals surface area (Å²) in [6.45, 7) is 0. The quantitative estimate of drug-likeness (QED) is 0.863. The van der Waals surface area contributed by atoms with Crippen molar-refractivity contribution in [3.8, 4) is 0 Å². The maximum atomic E-state index is 13.3. The average Bonchev–Trinajstić information content (AvgIpc) is 3.28. The van der Waals surface area contributed by atoms with Crippen LogP contribution in [0.5, 0.6) is 0 Å². The topological polar surface area (TPSA) is 49.4 Å². The van der Waals surface area contributed by atoms with Crippen LogP contribution in [0.3, 0.4) is 0 Å². The van der Waals surface area contributed by atoms with Gasteiger partial charge < -0.3 is 10.2 Å². The number of hydrogen-bond donors (Lipinski definition) is 1. The van der Waals surface area contributed by atoms with Crippen LogP contribution in [0.2, 0.25) is 5.02 Å². The van der Waals surface area contributed by atoms with Gasteiger partial charge in [-0.05, 0) is 56.2 Å². The fraction of sp³-hybridized carbons (Fsp3) is 0.619. The summed E-state index contributed by atoms with van der Waals surface area (Å²) in [7, 11) is 0. The van der Waals surface area contributed by atoms with E-state index in [1.54, 1.807) is 24.3 Å². The molecule has 0 unspecified atom stereocenters. The van der Waals surface area contributed by atoms with Crippen LogP contribution in [0.25, 0.3) is 0 Å². The Bertz CT molecular complexity index is 686. The minimum Gasteiger partial charge on any atom is -0.352 e. The van der Waals surface area contributed by atoms with Gasteiger partial charge >= 0.3 is 0 Å². The number of nitrogens with zero attached hydrogens (tertiary/aromatic N) is 1. The summed E-state index contributed by atoms with van der Waals surface area (Å²) in [5.74, 6) is 0.446. The van der Waals surface area contributed by atoms with Gasteiger partial charge in [0.05, 0.1) is 0 Å². The lowest BCUT2D eigenvalue weighted by molar-refractivity contribution is -0.125. The van der Waals surface area contributed by atoms with Crippen LogP contribution >= 0.6 is 11.6 Å². The van der Waals surface area contributed by atoms with Gasteiger partial charge in [0.25, 0.3) is 5.91 Å². The summed E-state index contributed by atoms with van der Waals surface area (Å²) in [6.07, 6.45) is 9.77. The average molecular weight is 375 g/mol. The molecule has 3 fully saturated rings. The van der Waals surface area contributed by atoms with Crippen molar-refractivity contribution in [2.24, 2.45) is 5.92 Å². The molecule has 1 N–H and O–H groups in total. The second kappa shape index (κ2) is 7.59. The zero-order valence-corrected chi connectivity index (χ0v) is 15.9. The molecule has 4 rings (SSSR count). The Labute approximate surface area is 160 Å². The summed E-state index contributed by atoms with van der Waals surface area (Å²) in [6, 6.07) is 7.23. The monoisotopic (exact) mass is 374 g/mol. The number of nitrogens with one attached hydrogen (secondary N) is 1. The molecule has 26 heavy (non-hydrogen) atoms. The van der Waals surface area contributed by atoms with Crippen molar-refractivity contribution in [2.75, 3.05) is 0 Å². The normalized spacial score (nSPS) is 28.8. The minimum atomic E-state index is -0.338. The molecule has 1 saturated heterocycles. The summed E-state index contributed by atoms with van der Waals surface area (Å²) < 4.78 is 0. The standard InChI is InChI=1S/C21H27ClN2O2/c22-16-8-5-7-15(12-16)21(26)24-18-11-4-1-6-14(18)13-19(24)20(25)23-17-9-2-3-10-17/h5,7-8,12,14,17-19H,1-4,6,9-11,13H2,(H,23,25)/t14-,18+,19+/m1/s1. The second-order valence-corrected chi connectivity index (χ2v) is 8.51. The zero-order chi connectivity index (χ0) is 18.1. The van der Waals surface area contributed by atoms with Crippen molar-refractivity contribution in [2.45, 2.75) is 75.9 Å². The van der Waals surface area contributed by atoms with Crippen molar-refractivity contribution in [1.82, 2.24) is 10.2 Å². The first-order valence-corrected chi connectivity index (χ1v) is 10.4. The van der Waals surface area contributed by atoms with Crippen molar-refractivity contribution >= 4 is 23.4 Å². The zero-order valence-electron chi connectivity index (χ0n) is 15.1. The molecule has 0 bridgehead atoms. The van der Waals surface area contributed by atoms with Crippen LogP contribution in [0.15, 0.2) is 24.3 Å². The van der Waals surface area contributed by atoms with Gasteiger partial charge in [-0.15, -0.1) is 0 Å². The minimum absolute atomic E-state index is 0.0432. The number of carbonyl (C=O) groups is 2. The lowest BCUT2D eigenvalue weighted by atomic mass is 9.84. The molecule has 1 aliphatic heterocycles. The van der Waals surface area contributed by atoms with Gasteiger partial charge in [0.2, 0.25) is 5.91 Å². The van der Waals surface area contributed by atoms with E-state index in [4.69, 9.17) is 11.6 Å². The summed E-state index contributed by atoms with van der Waals surface area (Å²) in [5.41, 5.74) is 0.586. The van der Waals surface area contributed by atoms with E-state index >= 15 is 0 Å². The molecule has 2 amide bonds. The van der Waals surface area contributed by atoms with Crippen LogP contribution in [-0.4, -0.2) is 34.8 Å². The fourth-order valence-corrected chi connectivity index (χ4v) is 5.31. The van der Waals surface area contributed by atoms with Crippen LogP contribution < -0.4 is 5.32 Å². The molecule has 1 aromatic carbocycles. The third-order valence-corrected chi connectivity index (χ3v) is 6.63. The highest BCUT2D eigenvalue weighted by Gasteiger charge is 2.47. The first-order valence-electron chi connectivity index (χ1n) is 10.0. The molecule has 2 aliphatic carbocycles. The summed E-state index contributed by atoms with van der Waals surface area (Å²) in [5, 5.41) is 3.78. The third kappa shape index (κ3) is 3.48. The molecule has 2 saturated carbocycles. The van der Waals surface area contributed by atoms with Crippen LogP contribution in [-0.2, 0) is 4.79 Å². The van der Waals surface area contributed by atoms with E-state index in [0.29, 0.717) is 16.5 Å². The lowest BCUT2D eigenvalue weighted by Crippen LogP contribution is -2.51. The van der Waals surface area contributed by atoms with Gasteiger partial charge in [-0.25, -0.2) is 0 Å². The molecule has 0 radical (unpaired) electrons. The third-order valence-electron chi connectivity index (χ3n) is 6.40. The van der Waals surface area contributed by atoms with Gasteiger partial charge in [-0.3, -0.25) is 9.59 Å². The van der Waals surface area contributed by atoms with Crippen molar-refractivity contribution in [1.29, 1.82) is 0 Å². The Morgan fingerprint density at radius 2 is 1.77 bits per heavy atom. The van der Waals surface area contributed by atoms with E-state index in [-0.39, 0.29) is 29.9 Å². The highest BCUT2D eigenvalue weighted by molar-refractivity contribution is 6.31. The summed E-state index contributed by atoms with van der Waals surface area (Å²) in [4.78, 5) is 28.2. The number of likely N-dealkylation sites (tertiary alicyclic amines) is 1. The van der Waals surface area contributed by atoms with Gasteiger partial charge in [-0.1, -0.05) is 43.4 Å². The van der Waals surface area contributed by atoms with Crippen LogP contribution in [0.1, 0.15) is 68.1 Å². The van der Waals surface area contributed by atoms with Crippen molar-refractivity contribution in [3.05, 3.63) is 34.9 Å². The molecule has 1 aromatic rings. The molecule has 4 nitrogen and oxygen atoms in total. The largest absolute Gasteiger partial charge is 0.352 e. The number of hydrogen-bond acceptors (Lipinski definition) is 2. The van der Waals surface area contributed by atoms with Crippen LogP contribution in [0, 0.1) is 5.92 Å². The number of fused-ring (bicyclic) bond motifs is 1. The van der Waals surface area contributed by atoms with E-state index in [1.165, 1.54) is 19.3 Å². The van der Waals surface area contributed by atoms with Gasteiger partial charge in [0.15, 0.2) is 0 Å². The molecule has 1 heterocycles. The number of amides is 2. The molecule has 0 aromatic heterocycles. The highest BCUT2D eigenvalue weighted by atomic mass is 35.5. The maximum absolute atomic E-state index is 13.3. The molecule has 0 spiro atoms. The predicted octanol–water partition coefficient (Wildman–Crippen LogP) is 4.17. The lowest BCUT2D eigenvalue weighted by Gasteiger charge is -2.34. The number of benzene rings is 1. The van der Waals surface area contributed by atoms with E-state index in [2.05, 4.69) is 5.32 Å². The molecule has 5 heteroatoms. The van der Waals surface area contributed by atoms with E-state index in [1.807, 2.05) is 4.90 Å². The Morgan fingerprint density at radius 3 is 2.54 bits per heavy atom. The Kier molecular flexibility index (Phi) is 5.21. The van der Waals surface area contributed by atoms with Gasteiger partial charge in [0, 0.05) is 22.7 Å². The van der Waals surface area contributed by atoms with E-state index in [0.717, 1.165) is 38.5 Å². The van der Waals surface area contributed by atoms with Crippen molar-refractivity contribution < 1.29 is 9.59 Å². The molecular weight excluding hydrogens is 348 g/mol. The number of halogens is 1. The number of rotatable bonds is 3. The molecular formula is C21H27ClN2O2. The van der Waals surface area contributed by atoms with Gasteiger partial charge in [-0.2, -0.15) is 0 Å². The van der Waals surface area contributed by atoms with Crippen molar-refractivity contribution in [3.63, 3.8) is 0 Å². The maximum Gasteiger partial charge on any atom is 0.254 e. The first kappa shape index (κ1) is 17.8. The fourth-order valence-electron chi connectivity index (χ4n) is 5.12. The Balaban J connectivity index is 1.58. The molecule has 140 valence electrons. The van der Waals surface area contributed by atoms with Crippen LogP contribution in [0.4, 0.5) is 0 Å². The van der Waals surface area contributed by atoms with E-state index in [9.17, 15) is 9.59 Å². The summed E-state index contributed by atoms with van der Waals surface area (Å²) >= 11 is 6.10. The predicted molar refractivity (Wildman–Crippen MR) is 102 cm³/mol. The first-order chi connectivity index (χ1) is 12.6. The smallest absolute Gasteiger partial charge is 0.254 e. The highest BCUT2D eigenvalue weighted by Crippen LogP contribution is 2.40.